The molecule has 13 heteroatoms. The molecular formula is C42H55F5N4O4. The van der Waals surface area contributed by atoms with Crippen LogP contribution in [0.2, 0.25) is 0 Å². The summed E-state index contributed by atoms with van der Waals surface area (Å²) in [6.07, 6.45) is 2.77. The molecule has 0 aliphatic heterocycles. The topological polar surface area (TPSA) is 113 Å². The van der Waals surface area contributed by atoms with Crippen LogP contribution in [0.3, 0.4) is 0 Å². The molecule has 5 rings (SSSR count). The molecule has 8 nitrogen and oxygen atoms in total. The molecule has 302 valence electrons. The first-order chi connectivity index (χ1) is 25.9. The van der Waals surface area contributed by atoms with Crippen molar-refractivity contribution in [2.24, 2.45) is 7.05 Å². The third-order valence-electron chi connectivity index (χ3n) is 8.97. The van der Waals surface area contributed by atoms with Crippen molar-refractivity contribution in [1.29, 1.82) is 0 Å². The van der Waals surface area contributed by atoms with Gasteiger partial charge in [-0.25, -0.2) is 26.7 Å². The number of fused-ring (bicyclic) bond motifs is 1. The molecular weight excluding hydrogens is 719 g/mol. The van der Waals surface area contributed by atoms with E-state index >= 15 is 13.2 Å². The molecule has 3 N–H and O–H groups in total. The largest absolute Gasteiger partial charge is 0.480 e. The molecule has 2 atom stereocenters. The summed E-state index contributed by atoms with van der Waals surface area (Å²) in [7, 11) is 1.54. The van der Waals surface area contributed by atoms with E-state index in [1.54, 1.807) is 26.1 Å². The number of hydrogen-bond donors (Lipinski definition) is 3. The Balaban J connectivity index is 0.00000166. The van der Waals surface area contributed by atoms with Crippen LogP contribution in [0.15, 0.2) is 53.5 Å². The molecule has 1 aliphatic carbocycles. The second kappa shape index (κ2) is 19.7. The summed E-state index contributed by atoms with van der Waals surface area (Å²) in [6.45, 7) is 16.4. The molecule has 0 radical (unpaired) electrons. The zero-order valence-corrected chi connectivity index (χ0v) is 33.6. The molecule has 0 bridgehead atoms. The zero-order valence-electron chi connectivity index (χ0n) is 33.6. The third kappa shape index (κ3) is 10.9. The summed E-state index contributed by atoms with van der Waals surface area (Å²) in [6, 6.07) is 6.86. The third-order valence-corrected chi connectivity index (χ3v) is 8.97. The van der Waals surface area contributed by atoms with Crippen LogP contribution < -0.4 is 16.2 Å². The minimum atomic E-state index is -3.36. The Labute approximate surface area is 320 Å². The summed E-state index contributed by atoms with van der Waals surface area (Å²) < 4.78 is 74.5. The lowest BCUT2D eigenvalue weighted by Crippen LogP contribution is -2.43. The number of amides is 1. The van der Waals surface area contributed by atoms with E-state index in [-0.39, 0.29) is 46.7 Å². The number of carbonyl (C=O) groups is 2. The Kier molecular flexibility index (Phi) is 16.6. The highest BCUT2D eigenvalue weighted by Gasteiger charge is 2.36. The number of carbonyl (C=O) groups excluding carboxylic acids is 1. The molecule has 1 amide bonds. The van der Waals surface area contributed by atoms with Crippen LogP contribution in [0.4, 0.5) is 27.6 Å². The van der Waals surface area contributed by atoms with E-state index in [2.05, 4.69) is 15.6 Å². The van der Waals surface area contributed by atoms with Crippen LogP contribution in [0, 0.1) is 12.7 Å². The van der Waals surface area contributed by atoms with Crippen molar-refractivity contribution in [3.8, 4) is 11.1 Å². The highest BCUT2D eigenvalue weighted by atomic mass is 19.3. The number of rotatable bonds is 12. The Morgan fingerprint density at radius 3 is 2.13 bits per heavy atom. The molecule has 55 heavy (non-hydrogen) atoms. The number of nitrogens with zero attached hydrogens (tertiary/aromatic N) is 2. The summed E-state index contributed by atoms with van der Waals surface area (Å²) in [4.78, 5) is 43.6. The molecule has 2 aromatic carbocycles. The Morgan fingerprint density at radius 1 is 1.00 bits per heavy atom. The van der Waals surface area contributed by atoms with E-state index in [0.29, 0.717) is 16.6 Å². The highest BCUT2D eigenvalue weighted by molar-refractivity contribution is 5.99. The van der Waals surface area contributed by atoms with Crippen LogP contribution in [-0.2, 0) is 24.2 Å². The summed E-state index contributed by atoms with van der Waals surface area (Å²) in [5, 5.41) is 15.4. The second-order valence-electron chi connectivity index (χ2n) is 12.8. The first-order valence-electron chi connectivity index (χ1n) is 18.9. The molecule has 2 aromatic heterocycles. The lowest BCUT2D eigenvalue weighted by atomic mass is 9.91. The van der Waals surface area contributed by atoms with Gasteiger partial charge in [-0.2, -0.15) is 0 Å². The number of nitrogens with one attached hydrogen (secondary N) is 2. The number of anilines is 1. The maximum Gasteiger partial charge on any atom is 0.326 e. The van der Waals surface area contributed by atoms with Crippen molar-refractivity contribution in [3.05, 3.63) is 92.8 Å². The molecule has 4 aromatic rings. The molecule has 2 heterocycles. The van der Waals surface area contributed by atoms with E-state index < -0.39 is 58.3 Å². The summed E-state index contributed by atoms with van der Waals surface area (Å²) >= 11 is 0. The highest BCUT2D eigenvalue weighted by Crippen LogP contribution is 2.43. The number of hydrogen-bond acceptors (Lipinski definition) is 5. The average Bonchev–Trinajstić information content (AvgIpc) is 3.98. The van der Waals surface area contributed by atoms with E-state index in [0.717, 1.165) is 32.8 Å². The molecule has 1 fully saturated rings. The number of carboxylic acids is 1. The van der Waals surface area contributed by atoms with Gasteiger partial charge in [0.25, 0.3) is 23.3 Å². The Hall–Kier alpha value is -4.81. The fourth-order valence-corrected chi connectivity index (χ4v) is 6.26. The van der Waals surface area contributed by atoms with Crippen LogP contribution in [-0.4, -0.2) is 44.5 Å². The quantitative estimate of drug-likeness (QED) is 0.124. The minimum absolute atomic E-state index is 0.0302. The van der Waals surface area contributed by atoms with Gasteiger partial charge in [0.1, 0.15) is 11.9 Å². The van der Waals surface area contributed by atoms with Gasteiger partial charge in [0.15, 0.2) is 0 Å². The van der Waals surface area contributed by atoms with Gasteiger partial charge in [0.2, 0.25) is 0 Å². The van der Waals surface area contributed by atoms with E-state index in [1.165, 1.54) is 42.0 Å². The van der Waals surface area contributed by atoms with Crippen molar-refractivity contribution in [3.63, 3.8) is 0 Å². The van der Waals surface area contributed by atoms with Crippen molar-refractivity contribution in [1.82, 2.24) is 14.9 Å². The number of pyridine rings is 2. The number of aryl methyl sites for hydroxylation is 1. The molecule has 0 saturated heterocycles. The first-order valence-corrected chi connectivity index (χ1v) is 18.9. The van der Waals surface area contributed by atoms with Gasteiger partial charge in [-0.05, 0) is 67.5 Å². The predicted octanol–water partition coefficient (Wildman–Crippen LogP) is 10.4. The Morgan fingerprint density at radius 2 is 1.62 bits per heavy atom. The van der Waals surface area contributed by atoms with E-state index in [1.807, 2.05) is 41.5 Å². The Bertz CT molecular complexity index is 1980. The molecule has 1 saturated carbocycles. The van der Waals surface area contributed by atoms with Crippen molar-refractivity contribution in [2.75, 3.05) is 5.32 Å². The lowest BCUT2D eigenvalue weighted by Gasteiger charge is -2.25. The summed E-state index contributed by atoms with van der Waals surface area (Å²) in [5.74, 6) is -9.92. The van der Waals surface area contributed by atoms with Gasteiger partial charge in [0.05, 0.1) is 22.7 Å². The van der Waals surface area contributed by atoms with Crippen LogP contribution in [0.25, 0.3) is 22.0 Å². The minimum Gasteiger partial charge on any atom is -0.480 e. The molecule has 1 aliphatic rings. The maximum atomic E-state index is 15.2. The van der Waals surface area contributed by atoms with Gasteiger partial charge < -0.3 is 20.3 Å². The van der Waals surface area contributed by atoms with E-state index in [4.69, 9.17) is 0 Å². The average molecular weight is 775 g/mol. The van der Waals surface area contributed by atoms with Crippen molar-refractivity contribution < 1.29 is 36.6 Å². The molecule has 0 spiro atoms. The van der Waals surface area contributed by atoms with Crippen LogP contribution in [0.5, 0.6) is 0 Å². The lowest BCUT2D eigenvalue weighted by molar-refractivity contribution is -0.139. The van der Waals surface area contributed by atoms with E-state index in [9.17, 15) is 28.3 Å². The maximum absolute atomic E-state index is 15.2. The fraction of sp³-hybridized carbons (Fsp3) is 0.476. The number of aromatic nitrogens is 2. The first kappa shape index (κ1) is 46.3. The van der Waals surface area contributed by atoms with Crippen LogP contribution in [0.1, 0.15) is 120 Å². The van der Waals surface area contributed by atoms with Gasteiger partial charge in [-0.1, -0.05) is 66.7 Å². The second-order valence-corrected chi connectivity index (χ2v) is 12.8. The smallest absolute Gasteiger partial charge is 0.326 e. The van der Waals surface area contributed by atoms with Gasteiger partial charge in [-0.15, -0.1) is 0 Å². The number of aliphatic carboxylic acids is 1. The number of benzene rings is 2. The zero-order chi connectivity index (χ0) is 42.0. The van der Waals surface area contributed by atoms with Gasteiger partial charge >= 0.3 is 5.97 Å². The van der Waals surface area contributed by atoms with Crippen molar-refractivity contribution >= 4 is 28.5 Å². The monoisotopic (exact) mass is 774 g/mol. The standard InChI is InChI=1S/C36H37F5N4O4.3C2H6/c1-6-28(36(4,40)41)43-21-14-18(2)29(25(37)16-21)32(46)44-26(34(48)49)15-20-11-12-23(31-22(20)8-7-13-42-31)30-24(35(3,38)39)17-27(19-9-10-19)45(5)33(30)47;3*1-2/h7-8,11-14,16-17,19,26,28,43H,6,9-10,15H2,1-5H3,(H,44,46)(H,48,49);3*1-2H3/t26-,28+;;;/m0.../s1. The normalized spacial score (nSPS) is 13.5. The summed E-state index contributed by atoms with van der Waals surface area (Å²) in [5.41, 5.74) is -0.336. The van der Waals surface area contributed by atoms with Gasteiger partial charge in [-0.3, -0.25) is 14.6 Å². The predicted molar refractivity (Wildman–Crippen MR) is 210 cm³/mol. The van der Waals surface area contributed by atoms with Crippen LogP contribution >= 0.6 is 0 Å². The van der Waals surface area contributed by atoms with Gasteiger partial charge in [0, 0.05) is 61.4 Å². The number of carboxylic acid groups (broad SMARTS) is 1. The number of alkyl halides is 4. The SMILES string of the molecule is CC.CC.CC.CC[C@@H](Nc1cc(C)c(C(=O)N[C@@H](Cc2ccc(-c3c(C(C)(F)F)cc(C4CC4)n(C)c3=O)c3ncccc23)C(=O)O)c(F)c1)C(C)(F)F. The fourth-order valence-electron chi connectivity index (χ4n) is 6.26. The van der Waals surface area contributed by atoms with Crippen molar-refractivity contribution in [2.45, 2.75) is 125 Å². The molecule has 0 unspecified atom stereocenters. The number of halogens is 5.